The first-order chi connectivity index (χ1) is 13.4. The maximum Gasteiger partial charge on any atom is 0.147 e. The van der Waals surface area contributed by atoms with Gasteiger partial charge in [0.25, 0.3) is 0 Å². The molecular formula is C24H44N2O2. The van der Waals surface area contributed by atoms with Crippen LogP contribution in [0.5, 0.6) is 0 Å². The molecule has 2 aliphatic rings. The predicted molar refractivity (Wildman–Crippen MR) is 117 cm³/mol. The zero-order valence-corrected chi connectivity index (χ0v) is 19.0. The molecule has 0 aromatic heterocycles. The van der Waals surface area contributed by atoms with Gasteiger partial charge in [-0.25, -0.2) is 0 Å². The third-order valence-corrected chi connectivity index (χ3v) is 7.09. The predicted octanol–water partition coefficient (Wildman–Crippen LogP) is 4.71. The van der Waals surface area contributed by atoms with Crippen molar-refractivity contribution in [3.05, 3.63) is 0 Å². The van der Waals surface area contributed by atoms with Gasteiger partial charge in [-0.2, -0.15) is 0 Å². The van der Waals surface area contributed by atoms with Crippen LogP contribution >= 0.6 is 0 Å². The molecule has 0 N–H and O–H groups in total. The molecule has 0 radical (unpaired) electrons. The van der Waals surface area contributed by atoms with Crippen molar-refractivity contribution in [2.45, 2.75) is 90.9 Å². The summed E-state index contributed by atoms with van der Waals surface area (Å²) < 4.78 is 0. The van der Waals surface area contributed by atoms with E-state index in [2.05, 4.69) is 37.7 Å². The van der Waals surface area contributed by atoms with Gasteiger partial charge in [0.2, 0.25) is 0 Å². The largest absolute Gasteiger partial charge is 0.309 e. The van der Waals surface area contributed by atoms with Crippen LogP contribution in [0.3, 0.4) is 0 Å². The van der Waals surface area contributed by atoms with Crippen molar-refractivity contribution < 1.29 is 9.59 Å². The number of Topliss-reactive ketones (excluding diaryl/α,β-unsaturated/α-hetero) is 2. The number of nitrogens with zero attached hydrogens (tertiary/aromatic N) is 2. The lowest BCUT2D eigenvalue weighted by Gasteiger charge is -2.42. The second kappa shape index (κ2) is 10.9. The van der Waals surface area contributed by atoms with Gasteiger partial charge < -0.3 is 9.80 Å². The van der Waals surface area contributed by atoms with Gasteiger partial charge in [0.15, 0.2) is 0 Å². The molecule has 4 nitrogen and oxygen atoms in total. The van der Waals surface area contributed by atoms with E-state index in [1.54, 1.807) is 0 Å². The molecule has 2 fully saturated rings. The molecule has 4 heteroatoms. The third kappa shape index (κ3) is 5.89. The number of hydrogen-bond acceptors (Lipinski definition) is 4. The van der Waals surface area contributed by atoms with Gasteiger partial charge in [-0.3, -0.25) is 9.59 Å². The average molecular weight is 393 g/mol. The Kier molecular flexibility index (Phi) is 9.14. The van der Waals surface area contributed by atoms with E-state index >= 15 is 0 Å². The van der Waals surface area contributed by atoms with Crippen molar-refractivity contribution in [2.75, 3.05) is 40.3 Å². The average Bonchev–Trinajstić information content (AvgIpc) is 3.01. The van der Waals surface area contributed by atoms with Crippen LogP contribution in [-0.4, -0.2) is 61.6 Å². The number of ketones is 2. The first kappa shape index (κ1) is 23.5. The molecule has 1 spiro atoms. The molecule has 0 bridgehead atoms. The highest BCUT2D eigenvalue weighted by atomic mass is 16.2. The fraction of sp³-hybridized carbons (Fsp3) is 0.917. The van der Waals surface area contributed by atoms with Gasteiger partial charge in [-0.05, 0) is 71.2 Å². The minimum absolute atomic E-state index is 0.0507. The van der Waals surface area contributed by atoms with Crippen LogP contribution in [-0.2, 0) is 9.59 Å². The Morgan fingerprint density at radius 2 is 1.46 bits per heavy atom. The highest BCUT2D eigenvalue weighted by Gasteiger charge is 2.54. The van der Waals surface area contributed by atoms with Crippen molar-refractivity contribution in [1.82, 2.24) is 9.80 Å². The van der Waals surface area contributed by atoms with Crippen LogP contribution in [0.1, 0.15) is 90.9 Å². The molecule has 0 unspecified atom stereocenters. The van der Waals surface area contributed by atoms with E-state index in [4.69, 9.17) is 0 Å². The molecule has 1 aliphatic carbocycles. The Labute approximate surface area is 173 Å². The molecule has 162 valence electrons. The van der Waals surface area contributed by atoms with E-state index in [1.165, 1.54) is 38.6 Å². The van der Waals surface area contributed by atoms with E-state index < -0.39 is 5.41 Å². The number of carbonyl (C=O) groups is 2. The van der Waals surface area contributed by atoms with Gasteiger partial charge in [0, 0.05) is 19.4 Å². The number of rotatable bonds is 12. The zero-order chi connectivity index (χ0) is 20.6. The Balaban J connectivity index is 1.78. The van der Waals surface area contributed by atoms with Gasteiger partial charge in [-0.1, -0.05) is 46.0 Å². The van der Waals surface area contributed by atoms with E-state index in [0.29, 0.717) is 12.8 Å². The van der Waals surface area contributed by atoms with Crippen molar-refractivity contribution >= 4 is 11.6 Å². The lowest BCUT2D eigenvalue weighted by molar-refractivity contribution is -0.150. The van der Waals surface area contributed by atoms with Gasteiger partial charge in [0.1, 0.15) is 11.6 Å². The number of carbonyl (C=O) groups excluding carboxylic acids is 2. The first-order valence-corrected chi connectivity index (χ1v) is 11.8. The summed E-state index contributed by atoms with van der Waals surface area (Å²) in [4.78, 5) is 31.1. The maximum atomic E-state index is 13.1. The van der Waals surface area contributed by atoms with Crippen molar-refractivity contribution in [3.8, 4) is 0 Å². The summed E-state index contributed by atoms with van der Waals surface area (Å²) in [6.45, 7) is 8.54. The summed E-state index contributed by atoms with van der Waals surface area (Å²) in [6, 6.07) is 0. The summed E-state index contributed by atoms with van der Waals surface area (Å²) in [7, 11) is 4.27. The monoisotopic (exact) mass is 392 g/mol. The third-order valence-electron chi connectivity index (χ3n) is 7.09. The Morgan fingerprint density at radius 1 is 0.893 bits per heavy atom. The fourth-order valence-electron chi connectivity index (χ4n) is 5.57. The zero-order valence-electron chi connectivity index (χ0n) is 19.0. The van der Waals surface area contributed by atoms with Crippen LogP contribution in [0.15, 0.2) is 0 Å². The van der Waals surface area contributed by atoms with Crippen molar-refractivity contribution in [1.29, 1.82) is 0 Å². The molecular weight excluding hydrogens is 348 g/mol. The molecule has 1 saturated carbocycles. The highest BCUT2D eigenvalue weighted by Crippen LogP contribution is 2.49. The van der Waals surface area contributed by atoms with E-state index in [-0.39, 0.29) is 17.0 Å². The fourth-order valence-corrected chi connectivity index (χ4v) is 5.57. The highest BCUT2D eigenvalue weighted by molar-refractivity contribution is 6.09. The first-order valence-electron chi connectivity index (χ1n) is 11.8. The molecule has 1 heterocycles. The molecule has 2 rings (SSSR count). The summed E-state index contributed by atoms with van der Waals surface area (Å²) >= 11 is 0. The minimum Gasteiger partial charge on any atom is -0.309 e. The Bertz CT molecular complexity index is 489. The molecule has 0 aromatic rings. The summed E-state index contributed by atoms with van der Waals surface area (Å²) in [5.41, 5.74) is -0.695. The molecule has 28 heavy (non-hydrogen) atoms. The second-order valence-corrected chi connectivity index (χ2v) is 9.88. The van der Waals surface area contributed by atoms with Crippen LogP contribution in [0.2, 0.25) is 0 Å². The smallest absolute Gasteiger partial charge is 0.147 e. The van der Waals surface area contributed by atoms with Crippen molar-refractivity contribution in [3.63, 3.8) is 0 Å². The lowest BCUT2D eigenvalue weighted by atomic mass is 9.59. The Hall–Kier alpha value is -0.740. The molecule has 1 saturated heterocycles. The van der Waals surface area contributed by atoms with Crippen molar-refractivity contribution in [2.24, 2.45) is 10.8 Å². The van der Waals surface area contributed by atoms with E-state index in [0.717, 1.165) is 51.7 Å². The van der Waals surface area contributed by atoms with Gasteiger partial charge in [-0.15, -0.1) is 0 Å². The van der Waals surface area contributed by atoms with Crippen LogP contribution in [0.25, 0.3) is 0 Å². The molecule has 0 amide bonds. The van der Waals surface area contributed by atoms with Gasteiger partial charge in [0.05, 0.1) is 5.41 Å². The second-order valence-electron chi connectivity index (χ2n) is 9.88. The normalized spacial score (nSPS) is 21.9. The van der Waals surface area contributed by atoms with Gasteiger partial charge >= 0.3 is 0 Å². The minimum atomic E-state index is -0.644. The SMILES string of the molecule is CCCC1(CCC)C(=O)CC2(CCN(CCCCCCCN(C)C)C2)CC1=O. The quantitative estimate of drug-likeness (QED) is 0.356. The summed E-state index contributed by atoms with van der Waals surface area (Å²) in [5, 5.41) is 0. The molecule has 0 aromatic carbocycles. The van der Waals surface area contributed by atoms with E-state index in [9.17, 15) is 9.59 Å². The summed E-state index contributed by atoms with van der Waals surface area (Å²) in [6.07, 6.45) is 12.1. The summed E-state index contributed by atoms with van der Waals surface area (Å²) in [5.74, 6) is 0.519. The number of hydrogen-bond donors (Lipinski definition) is 0. The van der Waals surface area contributed by atoms with Crippen LogP contribution in [0.4, 0.5) is 0 Å². The lowest BCUT2D eigenvalue weighted by Crippen LogP contribution is -2.50. The maximum absolute atomic E-state index is 13.1. The molecule has 0 atom stereocenters. The standard InChI is InChI=1S/C24H44N2O2/c1-5-12-24(13-6-2)21(27)18-23(19-22(24)28)14-17-26(20-23)16-11-9-7-8-10-15-25(3)4/h5-20H2,1-4H3. The Morgan fingerprint density at radius 3 is 2.04 bits per heavy atom. The van der Waals surface area contributed by atoms with Crippen LogP contribution in [0, 0.1) is 10.8 Å². The van der Waals surface area contributed by atoms with Crippen LogP contribution < -0.4 is 0 Å². The topological polar surface area (TPSA) is 40.6 Å². The number of unbranched alkanes of at least 4 members (excludes halogenated alkanes) is 4. The number of likely N-dealkylation sites (tertiary alicyclic amines) is 1. The van der Waals surface area contributed by atoms with E-state index in [1.807, 2.05) is 0 Å². The molecule has 1 aliphatic heterocycles.